The van der Waals surface area contributed by atoms with Crippen LogP contribution >= 0.6 is 11.3 Å². The van der Waals surface area contributed by atoms with Gasteiger partial charge in [0.2, 0.25) is 0 Å². The lowest BCUT2D eigenvalue weighted by molar-refractivity contribution is 0.0274. The zero-order chi connectivity index (χ0) is 12.5. The number of thiazole rings is 1. The average Bonchev–Trinajstić information content (AvgIpc) is 2.82. The van der Waals surface area contributed by atoms with Crippen LogP contribution in [0.4, 0.5) is 0 Å². The summed E-state index contributed by atoms with van der Waals surface area (Å²) in [5.74, 6) is 0. The Balaban J connectivity index is 1.76. The molecule has 1 atom stereocenters. The van der Waals surface area contributed by atoms with Crippen LogP contribution in [-0.2, 0) is 17.7 Å². The van der Waals surface area contributed by atoms with E-state index in [0.717, 1.165) is 44.2 Å². The smallest absolute Gasteiger partial charge is 0.123 e. The zero-order valence-electron chi connectivity index (χ0n) is 11.1. The minimum Gasteiger partial charge on any atom is -0.368 e. The van der Waals surface area contributed by atoms with E-state index in [9.17, 15) is 0 Å². The van der Waals surface area contributed by atoms with Gasteiger partial charge in [-0.25, -0.2) is 4.98 Å². The number of hydrogen-bond donors (Lipinski definition) is 1. The van der Waals surface area contributed by atoms with Gasteiger partial charge in [0.05, 0.1) is 12.3 Å². The van der Waals surface area contributed by atoms with E-state index in [1.54, 1.807) is 0 Å². The number of aromatic nitrogens is 1. The van der Waals surface area contributed by atoms with Crippen LogP contribution in [0.15, 0.2) is 0 Å². The molecule has 0 amide bonds. The van der Waals surface area contributed by atoms with Crippen molar-refractivity contribution in [3.8, 4) is 0 Å². The van der Waals surface area contributed by atoms with E-state index in [4.69, 9.17) is 9.72 Å². The maximum Gasteiger partial charge on any atom is 0.123 e. The number of fused-ring (bicyclic) bond motifs is 1. The van der Waals surface area contributed by atoms with Crippen molar-refractivity contribution in [3.05, 3.63) is 15.6 Å². The molecule has 0 saturated carbocycles. The average molecular weight is 267 g/mol. The van der Waals surface area contributed by atoms with E-state index in [0.29, 0.717) is 6.04 Å². The summed E-state index contributed by atoms with van der Waals surface area (Å²) >= 11 is 1.85. The van der Waals surface area contributed by atoms with Gasteiger partial charge in [-0.3, -0.25) is 4.90 Å². The summed E-state index contributed by atoms with van der Waals surface area (Å²) in [4.78, 5) is 8.76. The highest BCUT2D eigenvalue weighted by Crippen LogP contribution is 2.31. The Morgan fingerprint density at radius 1 is 1.50 bits per heavy atom. The molecular formula is C13H21N3OS. The van der Waals surface area contributed by atoms with Crippen LogP contribution in [0.3, 0.4) is 0 Å². The molecule has 0 radical (unpaired) electrons. The van der Waals surface area contributed by atoms with Gasteiger partial charge in [-0.15, -0.1) is 11.3 Å². The van der Waals surface area contributed by atoms with E-state index >= 15 is 0 Å². The zero-order valence-corrected chi connectivity index (χ0v) is 11.9. The van der Waals surface area contributed by atoms with Crippen LogP contribution in [0.1, 0.15) is 35.5 Å². The monoisotopic (exact) mass is 267 g/mol. The van der Waals surface area contributed by atoms with Crippen molar-refractivity contribution in [2.75, 3.05) is 26.2 Å². The summed E-state index contributed by atoms with van der Waals surface area (Å²) in [6, 6.07) is 0.622. The molecule has 0 aromatic carbocycles. The summed E-state index contributed by atoms with van der Waals surface area (Å²) < 4.78 is 5.79. The predicted octanol–water partition coefficient (Wildman–Crippen LogP) is 1.57. The quantitative estimate of drug-likeness (QED) is 0.882. The molecule has 18 heavy (non-hydrogen) atoms. The van der Waals surface area contributed by atoms with Gasteiger partial charge in [-0.1, -0.05) is 0 Å². The molecule has 5 heteroatoms. The van der Waals surface area contributed by atoms with Crippen molar-refractivity contribution in [3.63, 3.8) is 0 Å². The van der Waals surface area contributed by atoms with Gasteiger partial charge >= 0.3 is 0 Å². The highest BCUT2D eigenvalue weighted by atomic mass is 32.1. The molecule has 2 aliphatic heterocycles. The predicted molar refractivity (Wildman–Crippen MR) is 72.9 cm³/mol. The minimum atomic E-state index is 0.168. The molecule has 3 rings (SSSR count). The lowest BCUT2D eigenvalue weighted by atomic mass is 10.1. The molecule has 4 nitrogen and oxygen atoms in total. The molecule has 0 bridgehead atoms. The van der Waals surface area contributed by atoms with Crippen LogP contribution < -0.4 is 5.32 Å². The molecule has 0 aliphatic carbocycles. The highest BCUT2D eigenvalue weighted by Gasteiger charge is 2.26. The first-order chi connectivity index (χ1) is 8.74. The summed E-state index contributed by atoms with van der Waals surface area (Å²) in [6.45, 7) is 9.39. The Hall–Kier alpha value is -0.490. The number of nitrogens with zero attached hydrogens (tertiary/aromatic N) is 2. The van der Waals surface area contributed by atoms with E-state index in [1.807, 2.05) is 11.3 Å². The summed E-state index contributed by atoms with van der Waals surface area (Å²) in [6.07, 6.45) is 1.26. The SMILES string of the molecule is CC(C)N1CCc2nc(C3CNCCO3)sc2C1. The third kappa shape index (κ3) is 2.45. The lowest BCUT2D eigenvalue weighted by Crippen LogP contribution is -2.35. The molecule has 1 saturated heterocycles. The Morgan fingerprint density at radius 2 is 2.39 bits per heavy atom. The van der Waals surface area contributed by atoms with Crippen molar-refractivity contribution in [1.82, 2.24) is 15.2 Å². The van der Waals surface area contributed by atoms with Crippen LogP contribution in [-0.4, -0.2) is 42.2 Å². The molecule has 1 unspecified atom stereocenters. The number of nitrogens with one attached hydrogen (secondary N) is 1. The second-order valence-corrected chi connectivity index (χ2v) is 6.41. The number of ether oxygens (including phenoxy) is 1. The second-order valence-electron chi connectivity index (χ2n) is 5.30. The van der Waals surface area contributed by atoms with Crippen LogP contribution in [0.2, 0.25) is 0 Å². The van der Waals surface area contributed by atoms with Crippen LogP contribution in [0.25, 0.3) is 0 Å². The number of rotatable bonds is 2. The fraction of sp³-hybridized carbons (Fsp3) is 0.769. The molecule has 2 aliphatic rings. The summed E-state index contributed by atoms with van der Waals surface area (Å²) in [5.41, 5.74) is 1.31. The fourth-order valence-electron chi connectivity index (χ4n) is 2.54. The third-order valence-electron chi connectivity index (χ3n) is 3.71. The molecule has 3 heterocycles. The van der Waals surface area contributed by atoms with Gasteiger partial charge in [0, 0.05) is 43.5 Å². The first-order valence-electron chi connectivity index (χ1n) is 6.79. The van der Waals surface area contributed by atoms with Gasteiger partial charge < -0.3 is 10.1 Å². The molecule has 1 N–H and O–H groups in total. The number of hydrogen-bond acceptors (Lipinski definition) is 5. The van der Waals surface area contributed by atoms with Gasteiger partial charge in [-0.05, 0) is 13.8 Å². The van der Waals surface area contributed by atoms with Gasteiger partial charge in [0.1, 0.15) is 11.1 Å². The van der Waals surface area contributed by atoms with E-state index in [1.165, 1.54) is 10.6 Å². The molecule has 1 aromatic heterocycles. The first-order valence-corrected chi connectivity index (χ1v) is 7.60. The number of morpholine rings is 1. The Labute approximate surface area is 112 Å². The molecule has 100 valence electrons. The largest absolute Gasteiger partial charge is 0.368 e. The molecule has 1 fully saturated rings. The van der Waals surface area contributed by atoms with Crippen molar-refractivity contribution in [1.29, 1.82) is 0 Å². The van der Waals surface area contributed by atoms with Crippen molar-refractivity contribution < 1.29 is 4.74 Å². The van der Waals surface area contributed by atoms with Crippen molar-refractivity contribution >= 4 is 11.3 Å². The molecule has 0 spiro atoms. The Morgan fingerprint density at radius 3 is 3.11 bits per heavy atom. The van der Waals surface area contributed by atoms with E-state index < -0.39 is 0 Å². The normalized spacial score (nSPS) is 25.4. The van der Waals surface area contributed by atoms with Crippen molar-refractivity contribution in [2.45, 2.75) is 39.0 Å². The molecular weight excluding hydrogens is 246 g/mol. The second kappa shape index (κ2) is 5.25. The van der Waals surface area contributed by atoms with Gasteiger partial charge in [0.25, 0.3) is 0 Å². The van der Waals surface area contributed by atoms with Crippen molar-refractivity contribution in [2.24, 2.45) is 0 Å². The summed E-state index contributed by atoms with van der Waals surface area (Å²) in [7, 11) is 0. The fourth-order valence-corrected chi connectivity index (χ4v) is 3.72. The van der Waals surface area contributed by atoms with E-state index in [2.05, 4.69) is 24.1 Å². The van der Waals surface area contributed by atoms with Crippen LogP contribution in [0.5, 0.6) is 0 Å². The topological polar surface area (TPSA) is 37.4 Å². The maximum absolute atomic E-state index is 5.79. The maximum atomic E-state index is 5.79. The first kappa shape index (κ1) is 12.5. The standard InChI is InChI=1S/C13H21N3OS/c1-9(2)16-5-3-10-12(8-16)18-13(15-10)11-7-14-4-6-17-11/h9,11,14H,3-8H2,1-2H3. The van der Waals surface area contributed by atoms with Gasteiger partial charge in [-0.2, -0.15) is 0 Å². The lowest BCUT2D eigenvalue weighted by Gasteiger charge is -2.29. The molecule has 1 aromatic rings. The minimum absolute atomic E-state index is 0.168. The third-order valence-corrected chi connectivity index (χ3v) is 4.89. The van der Waals surface area contributed by atoms with Gasteiger partial charge in [0.15, 0.2) is 0 Å². The highest BCUT2D eigenvalue weighted by molar-refractivity contribution is 7.11. The van der Waals surface area contributed by atoms with Crippen LogP contribution in [0, 0.1) is 0 Å². The Bertz CT molecular complexity index is 412. The Kier molecular flexibility index (Phi) is 3.66. The summed E-state index contributed by atoms with van der Waals surface area (Å²) in [5, 5.41) is 4.54. The van der Waals surface area contributed by atoms with E-state index in [-0.39, 0.29) is 6.10 Å².